The van der Waals surface area contributed by atoms with Crippen molar-refractivity contribution in [3.8, 4) is 22.6 Å². The molecule has 25 heavy (non-hydrogen) atoms. The van der Waals surface area contributed by atoms with Crippen molar-refractivity contribution >= 4 is 10.1 Å². The smallest absolute Gasteiger partial charge is 0.306 e. The molecule has 2 aromatic rings. The summed E-state index contributed by atoms with van der Waals surface area (Å²) in [5.41, 5.74) is 5.12. The summed E-state index contributed by atoms with van der Waals surface area (Å²) in [7, 11) is -3.59. The highest BCUT2D eigenvalue weighted by Crippen LogP contribution is 2.49. The van der Waals surface area contributed by atoms with Gasteiger partial charge in [-0.25, -0.2) is 0 Å². The maximum atomic E-state index is 11.8. The molecule has 2 aliphatic rings. The lowest BCUT2D eigenvalue weighted by atomic mass is 9.91. The number of aryl methyl sites for hydroxylation is 2. The topological polar surface area (TPSA) is 52.6 Å². The Morgan fingerprint density at radius 1 is 1.16 bits per heavy atom. The molecule has 0 N–H and O–H groups in total. The van der Waals surface area contributed by atoms with Gasteiger partial charge in [0.2, 0.25) is 0 Å². The van der Waals surface area contributed by atoms with Crippen LogP contribution in [0.5, 0.6) is 11.5 Å². The Labute approximate surface area is 148 Å². The second kappa shape index (κ2) is 6.06. The zero-order valence-electron chi connectivity index (χ0n) is 14.5. The highest BCUT2D eigenvalue weighted by Gasteiger charge is 2.30. The third kappa shape index (κ3) is 3.38. The van der Waals surface area contributed by atoms with E-state index in [0.29, 0.717) is 11.7 Å². The molecule has 0 atom stereocenters. The summed E-state index contributed by atoms with van der Waals surface area (Å²) in [5.74, 6) is 1.88. The van der Waals surface area contributed by atoms with E-state index < -0.39 is 10.1 Å². The van der Waals surface area contributed by atoms with Crippen LogP contribution < -0.4 is 8.92 Å². The van der Waals surface area contributed by atoms with Crippen LogP contribution in [0.1, 0.15) is 41.9 Å². The fourth-order valence-electron chi connectivity index (χ4n) is 3.51. The Kier molecular flexibility index (Phi) is 3.99. The van der Waals surface area contributed by atoms with E-state index in [1.807, 2.05) is 25.1 Å². The molecular formula is C20H22O4S. The minimum atomic E-state index is -3.59. The van der Waals surface area contributed by atoms with Crippen LogP contribution in [0.4, 0.5) is 0 Å². The van der Waals surface area contributed by atoms with Gasteiger partial charge in [0.25, 0.3) is 0 Å². The Hall–Kier alpha value is -2.01. The normalized spacial score (nSPS) is 16.9. The summed E-state index contributed by atoms with van der Waals surface area (Å²) in [4.78, 5) is 0. The van der Waals surface area contributed by atoms with Gasteiger partial charge < -0.3 is 8.92 Å². The average Bonchev–Trinajstić information content (AvgIpc) is 3.40. The first-order chi connectivity index (χ1) is 11.9. The van der Waals surface area contributed by atoms with Crippen molar-refractivity contribution in [1.82, 2.24) is 0 Å². The molecule has 0 bridgehead atoms. The lowest BCUT2D eigenvalue weighted by molar-refractivity contribution is 0.288. The summed E-state index contributed by atoms with van der Waals surface area (Å²) in [6.45, 7) is 2.65. The van der Waals surface area contributed by atoms with E-state index in [-0.39, 0.29) is 0 Å². The summed E-state index contributed by atoms with van der Waals surface area (Å²) >= 11 is 0. The van der Waals surface area contributed by atoms with Crippen molar-refractivity contribution in [2.45, 2.75) is 38.5 Å². The monoisotopic (exact) mass is 358 g/mol. The summed E-state index contributed by atoms with van der Waals surface area (Å²) in [6, 6.07) is 10.2. The highest BCUT2D eigenvalue weighted by molar-refractivity contribution is 7.86. The van der Waals surface area contributed by atoms with E-state index >= 15 is 0 Å². The Morgan fingerprint density at radius 2 is 1.96 bits per heavy atom. The van der Waals surface area contributed by atoms with Gasteiger partial charge in [-0.2, -0.15) is 8.42 Å². The van der Waals surface area contributed by atoms with E-state index in [1.54, 1.807) is 0 Å². The van der Waals surface area contributed by atoms with Gasteiger partial charge in [0, 0.05) is 5.56 Å². The molecule has 4 rings (SSSR count). The van der Waals surface area contributed by atoms with E-state index in [2.05, 4.69) is 12.1 Å². The van der Waals surface area contributed by atoms with Crippen molar-refractivity contribution in [1.29, 1.82) is 0 Å². The van der Waals surface area contributed by atoms with Gasteiger partial charge in [-0.05, 0) is 72.9 Å². The Morgan fingerprint density at radius 3 is 2.68 bits per heavy atom. The van der Waals surface area contributed by atoms with Crippen molar-refractivity contribution in [2.75, 3.05) is 12.9 Å². The molecule has 1 heterocycles. The number of rotatable bonds is 4. The number of fused-ring (bicyclic) bond motifs is 1. The molecule has 1 saturated carbocycles. The van der Waals surface area contributed by atoms with Crippen LogP contribution in [0.2, 0.25) is 0 Å². The van der Waals surface area contributed by atoms with Crippen molar-refractivity contribution in [2.24, 2.45) is 0 Å². The van der Waals surface area contributed by atoms with Crippen LogP contribution in [0.15, 0.2) is 30.3 Å². The third-order valence-electron chi connectivity index (χ3n) is 4.84. The maximum absolute atomic E-state index is 11.8. The first kappa shape index (κ1) is 16.5. The van der Waals surface area contributed by atoms with E-state index in [9.17, 15) is 8.42 Å². The molecule has 0 spiro atoms. The molecule has 2 aromatic carbocycles. The fourth-order valence-corrected chi connectivity index (χ4v) is 4.03. The molecule has 0 radical (unpaired) electrons. The van der Waals surface area contributed by atoms with Gasteiger partial charge in [-0.3, -0.25) is 0 Å². The lowest BCUT2D eigenvalue weighted by Gasteiger charge is -2.21. The quantitative estimate of drug-likeness (QED) is 0.769. The molecule has 4 nitrogen and oxygen atoms in total. The van der Waals surface area contributed by atoms with E-state index in [0.717, 1.165) is 61.0 Å². The Balaban J connectivity index is 1.91. The van der Waals surface area contributed by atoms with Gasteiger partial charge >= 0.3 is 10.1 Å². The van der Waals surface area contributed by atoms with Crippen LogP contribution in [0.25, 0.3) is 11.1 Å². The summed E-state index contributed by atoms with van der Waals surface area (Å²) < 4.78 is 34.8. The SMILES string of the molecule is Cc1ccc(C2CC2)c(-c2ccc3c(c2)CCCO3)c1OS(C)(=O)=O. The van der Waals surface area contributed by atoms with Gasteiger partial charge in [0.05, 0.1) is 12.9 Å². The standard InChI is InChI=1S/C20H22O4S/c1-13-5-9-17(14-6-7-14)19(20(13)24-25(2,21)22)16-8-10-18-15(12-16)4-3-11-23-18/h5,8-10,12,14H,3-4,6-7,11H2,1-2H3. The molecule has 1 aliphatic carbocycles. The minimum absolute atomic E-state index is 0.462. The fraction of sp³-hybridized carbons (Fsp3) is 0.400. The van der Waals surface area contributed by atoms with E-state index in [4.69, 9.17) is 8.92 Å². The Bertz CT molecular complexity index is 927. The number of benzene rings is 2. The van der Waals surface area contributed by atoms with Crippen LogP contribution >= 0.6 is 0 Å². The van der Waals surface area contributed by atoms with Crippen LogP contribution in [-0.4, -0.2) is 21.3 Å². The van der Waals surface area contributed by atoms with Crippen molar-refractivity contribution < 1.29 is 17.3 Å². The molecule has 0 saturated heterocycles. The number of hydrogen-bond acceptors (Lipinski definition) is 4. The molecule has 0 aromatic heterocycles. The second-order valence-electron chi connectivity index (χ2n) is 7.01. The van der Waals surface area contributed by atoms with E-state index in [1.165, 1.54) is 11.1 Å². The zero-order valence-corrected chi connectivity index (χ0v) is 15.4. The molecule has 1 aliphatic heterocycles. The van der Waals surface area contributed by atoms with Crippen LogP contribution in [-0.2, 0) is 16.5 Å². The van der Waals surface area contributed by atoms with Gasteiger partial charge in [-0.15, -0.1) is 0 Å². The van der Waals surface area contributed by atoms with Gasteiger partial charge in [0.15, 0.2) is 5.75 Å². The summed E-state index contributed by atoms with van der Waals surface area (Å²) in [5, 5.41) is 0. The second-order valence-corrected chi connectivity index (χ2v) is 8.59. The number of hydrogen-bond donors (Lipinski definition) is 0. The average molecular weight is 358 g/mol. The zero-order chi connectivity index (χ0) is 17.6. The molecule has 0 unspecified atom stereocenters. The predicted molar refractivity (Wildman–Crippen MR) is 97.9 cm³/mol. The predicted octanol–water partition coefficient (Wildman–Crippen LogP) is 4.20. The molecule has 0 amide bonds. The summed E-state index contributed by atoms with van der Waals surface area (Å²) in [6.07, 6.45) is 5.37. The highest BCUT2D eigenvalue weighted by atomic mass is 32.2. The number of ether oxygens (including phenoxy) is 1. The first-order valence-electron chi connectivity index (χ1n) is 8.71. The maximum Gasteiger partial charge on any atom is 0.306 e. The van der Waals surface area contributed by atoms with Crippen molar-refractivity contribution in [3.05, 3.63) is 47.0 Å². The molecular weight excluding hydrogens is 336 g/mol. The van der Waals surface area contributed by atoms with Crippen LogP contribution in [0.3, 0.4) is 0 Å². The first-order valence-corrected chi connectivity index (χ1v) is 10.5. The molecule has 1 fully saturated rings. The van der Waals surface area contributed by atoms with Crippen LogP contribution in [0, 0.1) is 6.92 Å². The molecule has 132 valence electrons. The minimum Gasteiger partial charge on any atom is -0.493 e. The third-order valence-corrected chi connectivity index (χ3v) is 5.31. The van der Waals surface area contributed by atoms with Gasteiger partial charge in [0.1, 0.15) is 5.75 Å². The largest absolute Gasteiger partial charge is 0.493 e. The van der Waals surface area contributed by atoms with Gasteiger partial charge in [-0.1, -0.05) is 18.2 Å². The lowest BCUT2D eigenvalue weighted by Crippen LogP contribution is -2.10. The molecule has 5 heteroatoms. The van der Waals surface area contributed by atoms with Crippen molar-refractivity contribution in [3.63, 3.8) is 0 Å².